The predicted molar refractivity (Wildman–Crippen MR) is 242 cm³/mol. The number of aliphatic hydroxyl groups is 10. The van der Waals surface area contributed by atoms with Crippen LogP contribution in [0.2, 0.25) is 0 Å². The van der Waals surface area contributed by atoms with Crippen molar-refractivity contribution < 1.29 is 104 Å². The Labute approximate surface area is 413 Å². The first-order valence-electron chi connectivity index (χ1n) is 25.5. The maximum atomic E-state index is 15.0. The fourth-order valence-corrected chi connectivity index (χ4v) is 16.1. The number of carbonyl (C=O) groups excluding carboxylic acids is 2. The number of aliphatic hydroxyl groups excluding tert-OH is 10. The van der Waals surface area contributed by atoms with Crippen LogP contribution in [0.5, 0.6) is 0 Å². The van der Waals surface area contributed by atoms with E-state index in [0.29, 0.717) is 63.4 Å². The third-order valence-corrected chi connectivity index (χ3v) is 20.2. The van der Waals surface area contributed by atoms with E-state index in [9.17, 15) is 65.8 Å². The van der Waals surface area contributed by atoms with Gasteiger partial charge in [0, 0.05) is 6.92 Å². The molecule has 8 fully saturated rings. The van der Waals surface area contributed by atoms with Crippen LogP contribution in [-0.2, 0) is 47.5 Å². The molecule has 21 heteroatoms. The predicted octanol–water partition coefficient (Wildman–Crippen LogP) is -0.368. The van der Waals surface area contributed by atoms with Gasteiger partial charge in [-0.3, -0.25) is 14.4 Å². The zero-order valence-corrected chi connectivity index (χ0v) is 41.5. The molecule has 0 spiro atoms. The van der Waals surface area contributed by atoms with Crippen LogP contribution in [0.25, 0.3) is 0 Å². The summed E-state index contributed by atoms with van der Waals surface area (Å²) in [5.74, 6) is -2.99. The van der Waals surface area contributed by atoms with Crippen molar-refractivity contribution in [2.75, 3.05) is 19.8 Å². The lowest BCUT2D eigenvalue weighted by Crippen LogP contribution is -2.68. The molecule has 0 aromatic carbocycles. The van der Waals surface area contributed by atoms with Gasteiger partial charge < -0.3 is 89.3 Å². The average molecular weight is 1020 g/mol. The van der Waals surface area contributed by atoms with Gasteiger partial charge in [-0.1, -0.05) is 27.4 Å². The molecule has 3 aliphatic heterocycles. The smallest absolute Gasteiger partial charge is 0.314 e. The first-order chi connectivity index (χ1) is 33.3. The van der Waals surface area contributed by atoms with Crippen molar-refractivity contribution in [3.8, 4) is 0 Å². The number of esters is 2. The summed E-state index contributed by atoms with van der Waals surface area (Å²) in [6.07, 6.45) is -19.8. The van der Waals surface area contributed by atoms with Gasteiger partial charge in [0.25, 0.3) is 0 Å². The van der Waals surface area contributed by atoms with E-state index in [1.54, 1.807) is 6.92 Å². The number of carboxylic acids is 1. The molecule has 0 aromatic heterocycles. The lowest BCUT2D eigenvalue weighted by Gasteiger charge is -2.72. The van der Waals surface area contributed by atoms with Gasteiger partial charge in [-0.15, -0.1) is 0 Å². The Bertz CT molecular complexity index is 1990. The number of hydrogen-bond donors (Lipinski definition) is 11. The summed E-state index contributed by atoms with van der Waals surface area (Å²) in [6.45, 7) is 13.8. The minimum atomic E-state index is -1.91. The topological polar surface area (TPSA) is 338 Å². The lowest BCUT2D eigenvalue weighted by molar-refractivity contribution is -0.361. The molecule has 21 nitrogen and oxygen atoms in total. The summed E-state index contributed by atoms with van der Waals surface area (Å²) >= 11 is 0. The number of hydrogen-bond acceptors (Lipinski definition) is 20. The lowest BCUT2D eigenvalue weighted by atomic mass is 9.32. The highest BCUT2D eigenvalue weighted by Gasteiger charge is 2.74. The Hall–Kier alpha value is -2.45. The van der Waals surface area contributed by atoms with Crippen LogP contribution < -0.4 is 0 Å². The van der Waals surface area contributed by atoms with Gasteiger partial charge in [0.15, 0.2) is 12.6 Å². The van der Waals surface area contributed by atoms with E-state index >= 15 is 4.79 Å². The number of fused-ring (bicyclic) bond motifs is 7. The van der Waals surface area contributed by atoms with Crippen LogP contribution >= 0.6 is 0 Å². The molecule has 0 amide bonds. The summed E-state index contributed by atoms with van der Waals surface area (Å²) in [5.41, 5.74) is -2.88. The van der Waals surface area contributed by atoms with E-state index in [-0.39, 0.29) is 47.0 Å². The molecule has 0 bridgehead atoms. The Morgan fingerprint density at radius 1 is 0.648 bits per heavy atom. The van der Waals surface area contributed by atoms with E-state index in [1.165, 1.54) is 13.8 Å². The average Bonchev–Trinajstić information content (AvgIpc) is 3.73. The van der Waals surface area contributed by atoms with Crippen LogP contribution in [0.4, 0.5) is 0 Å². The van der Waals surface area contributed by atoms with Crippen molar-refractivity contribution in [2.45, 2.75) is 204 Å². The van der Waals surface area contributed by atoms with Crippen molar-refractivity contribution in [3.63, 3.8) is 0 Å². The Morgan fingerprint density at radius 3 is 1.94 bits per heavy atom. The highest BCUT2D eigenvalue weighted by Crippen LogP contribution is 2.78. The van der Waals surface area contributed by atoms with E-state index in [2.05, 4.69) is 27.4 Å². The summed E-state index contributed by atoms with van der Waals surface area (Å²) in [5, 5.41) is 118. The van der Waals surface area contributed by atoms with E-state index < -0.39 is 146 Å². The molecule has 404 valence electrons. The second kappa shape index (κ2) is 19.9. The molecule has 11 N–H and O–H groups in total. The number of rotatable bonds is 12. The Kier molecular flexibility index (Phi) is 15.4. The zero-order chi connectivity index (χ0) is 52.1. The number of carboxylic acid groups (broad SMARTS) is 1. The van der Waals surface area contributed by atoms with Crippen molar-refractivity contribution in [2.24, 2.45) is 56.7 Å². The minimum Gasteiger partial charge on any atom is -0.481 e. The third-order valence-electron chi connectivity index (χ3n) is 20.2. The van der Waals surface area contributed by atoms with E-state index in [1.807, 2.05) is 0 Å². The van der Waals surface area contributed by atoms with Crippen molar-refractivity contribution in [1.82, 2.24) is 0 Å². The van der Waals surface area contributed by atoms with Crippen LogP contribution in [0.1, 0.15) is 106 Å². The molecular weight excluding hydrogens is 937 g/mol. The third kappa shape index (κ3) is 8.62. The number of aliphatic carboxylic acids is 1. The molecule has 5 saturated carbocycles. The van der Waals surface area contributed by atoms with Crippen molar-refractivity contribution in [3.05, 3.63) is 12.2 Å². The minimum absolute atomic E-state index is 0.0664. The SMILES string of the molecule is C=C(CO)C1CC[C@]2(C(=O)O[C@@H]3O[C@H](CO[C@@H]4O[C@H](CO)[C@@H](O[C@@H]5O[C@@H](C)[C@H](O)[C@@H](O)[C@H]5O)[C@H](O)[C@H]4O)[C@@H](O)[C@H](O)[C@H]3O)CC[C@]3(C)[C@H](CC[C@@H]4[C@@]5(C)CC[C@@H](OC(C)=O)[C@@](C)(C(=O)O)[C@@H]5CC[C@]43C)C12. The molecule has 5 aliphatic carbocycles. The van der Waals surface area contributed by atoms with Gasteiger partial charge in [-0.05, 0) is 129 Å². The molecule has 3 heterocycles. The molecule has 3 saturated heterocycles. The van der Waals surface area contributed by atoms with Crippen LogP contribution in [0, 0.1) is 56.7 Å². The first kappa shape index (κ1) is 54.8. The van der Waals surface area contributed by atoms with Gasteiger partial charge in [0.1, 0.15) is 78.7 Å². The van der Waals surface area contributed by atoms with Gasteiger partial charge in [0.2, 0.25) is 6.29 Å². The van der Waals surface area contributed by atoms with Crippen LogP contribution in [0.15, 0.2) is 12.2 Å². The van der Waals surface area contributed by atoms with Crippen LogP contribution in [-0.4, -0.2) is 192 Å². The second-order valence-corrected chi connectivity index (χ2v) is 23.3. The molecular formula is C50H78O21. The quantitative estimate of drug-likeness (QED) is 0.0878. The molecule has 8 rings (SSSR count). The highest BCUT2D eigenvalue weighted by atomic mass is 16.8. The van der Waals surface area contributed by atoms with Gasteiger partial charge in [-0.2, -0.15) is 0 Å². The number of carbonyl (C=O) groups is 3. The standard InChI is InChI=1S/C50H78O21/c1-21(18-51)24-10-15-50(17-16-47(5)25(31(24)50)8-9-28-46(4)13-12-30(67-23(3)53)49(7,44(62)63)29(46)11-14-48(28,47)6)45(64)71-43-38(60)35(57)33(55)27(69-43)20-65-41-39(61)36(58)40(26(19-52)68-41)70-42-37(59)34(56)32(54)22(2)66-42/h22,24-43,51-52,54-61H,1,8-20H2,2-7H3,(H,62,63)/t22-,24?,25+,26+,27+,28+,29+,30+,31?,32-,33+,34+,35-,36+,37+,38+,39+,40+,41+,42-,43-,46+,47+,48+,49-,50-/m0/s1. The molecule has 2 unspecified atom stereocenters. The first-order valence-corrected chi connectivity index (χ1v) is 25.5. The fraction of sp³-hybridized carbons (Fsp3) is 0.900. The molecule has 0 radical (unpaired) electrons. The fourth-order valence-electron chi connectivity index (χ4n) is 16.1. The van der Waals surface area contributed by atoms with Crippen molar-refractivity contribution >= 4 is 17.9 Å². The summed E-state index contributed by atoms with van der Waals surface area (Å²) in [4.78, 5) is 40.5. The molecule has 8 aliphatic rings. The van der Waals surface area contributed by atoms with Gasteiger partial charge in [-0.25, -0.2) is 0 Å². The maximum absolute atomic E-state index is 15.0. The van der Waals surface area contributed by atoms with E-state index in [0.717, 1.165) is 6.42 Å². The molecule has 0 aromatic rings. The summed E-state index contributed by atoms with van der Waals surface area (Å²) < 4.78 is 40.3. The van der Waals surface area contributed by atoms with Gasteiger partial charge in [0.05, 0.1) is 31.3 Å². The molecule has 71 heavy (non-hydrogen) atoms. The number of ether oxygens (including phenoxy) is 7. The normalized spacial score (nSPS) is 52.8. The van der Waals surface area contributed by atoms with Crippen molar-refractivity contribution in [1.29, 1.82) is 0 Å². The monoisotopic (exact) mass is 1010 g/mol. The zero-order valence-electron chi connectivity index (χ0n) is 41.5. The summed E-state index contributed by atoms with van der Waals surface area (Å²) in [6, 6.07) is 0. The maximum Gasteiger partial charge on any atom is 0.314 e. The largest absolute Gasteiger partial charge is 0.481 e. The van der Waals surface area contributed by atoms with Gasteiger partial charge >= 0.3 is 17.9 Å². The van der Waals surface area contributed by atoms with Crippen LogP contribution in [0.3, 0.4) is 0 Å². The summed E-state index contributed by atoms with van der Waals surface area (Å²) in [7, 11) is 0. The second-order valence-electron chi connectivity index (χ2n) is 23.3. The Balaban J connectivity index is 0.982. The van der Waals surface area contributed by atoms with E-state index in [4.69, 9.17) is 33.2 Å². The molecule has 26 atom stereocenters. The Morgan fingerprint density at radius 2 is 1.30 bits per heavy atom. The highest BCUT2D eigenvalue weighted by molar-refractivity contribution is 5.79.